The summed E-state index contributed by atoms with van der Waals surface area (Å²) in [6.45, 7) is 11.5. The number of allylic oxidation sites excluding steroid dienone is 1. The first kappa shape index (κ1) is 24.8. The van der Waals surface area contributed by atoms with E-state index in [2.05, 4.69) is 18.5 Å². The largest absolute Gasteiger partial charge is 0.505 e. The summed E-state index contributed by atoms with van der Waals surface area (Å²) >= 11 is 0. The van der Waals surface area contributed by atoms with Gasteiger partial charge in [-0.05, 0) is 63.4 Å². The minimum atomic E-state index is -0.671. The van der Waals surface area contributed by atoms with Gasteiger partial charge in [-0.3, -0.25) is 19.4 Å². The molecule has 3 atom stereocenters. The average molecular weight is 476 g/mol. The SMILES string of the molecule is C=C[C@@]1(C)CCC[C@@](C)(C(=O)OC)C1CCc1cccc2c1C(=O)c1c(O)c(C)nc(C)c1C2=O. The number of aryl methyl sites for hydroxylation is 3. The lowest BCUT2D eigenvalue weighted by atomic mass is 9.54. The number of fused-ring (bicyclic) bond motifs is 2. The van der Waals surface area contributed by atoms with Gasteiger partial charge in [0.15, 0.2) is 11.6 Å². The number of benzene rings is 1. The summed E-state index contributed by atoms with van der Waals surface area (Å²) in [5, 5.41) is 10.7. The van der Waals surface area contributed by atoms with Gasteiger partial charge in [0.2, 0.25) is 0 Å². The van der Waals surface area contributed by atoms with E-state index >= 15 is 0 Å². The van der Waals surface area contributed by atoms with Crippen molar-refractivity contribution in [2.24, 2.45) is 16.7 Å². The summed E-state index contributed by atoms with van der Waals surface area (Å²) in [6, 6.07) is 5.30. The van der Waals surface area contributed by atoms with Gasteiger partial charge < -0.3 is 9.84 Å². The van der Waals surface area contributed by atoms with Crippen LogP contribution in [0, 0.1) is 30.6 Å². The van der Waals surface area contributed by atoms with E-state index in [0.29, 0.717) is 35.4 Å². The fourth-order valence-electron chi connectivity index (χ4n) is 6.45. The van der Waals surface area contributed by atoms with E-state index in [9.17, 15) is 19.5 Å². The number of carbonyl (C=O) groups excluding carboxylic acids is 3. The Morgan fingerprint density at radius 2 is 1.86 bits per heavy atom. The highest BCUT2D eigenvalue weighted by molar-refractivity contribution is 6.30. The topological polar surface area (TPSA) is 93.6 Å². The first-order valence-electron chi connectivity index (χ1n) is 12.1. The van der Waals surface area contributed by atoms with Gasteiger partial charge in [-0.1, -0.05) is 37.6 Å². The van der Waals surface area contributed by atoms with Crippen molar-refractivity contribution in [3.8, 4) is 5.75 Å². The Hall–Kier alpha value is -3.28. The van der Waals surface area contributed by atoms with E-state index in [1.54, 1.807) is 26.0 Å². The summed E-state index contributed by atoms with van der Waals surface area (Å²) in [5.41, 5.74) is 1.43. The number of hydrogen-bond acceptors (Lipinski definition) is 6. The van der Waals surface area contributed by atoms with Crippen molar-refractivity contribution < 1.29 is 24.2 Å². The third-order valence-corrected chi connectivity index (χ3v) is 8.40. The summed E-state index contributed by atoms with van der Waals surface area (Å²) in [4.78, 5) is 44.2. The van der Waals surface area contributed by atoms with E-state index in [-0.39, 0.29) is 45.7 Å². The Bertz CT molecular complexity index is 1260. The monoisotopic (exact) mass is 475 g/mol. The number of nitrogens with zero attached hydrogens (tertiary/aromatic N) is 1. The highest BCUT2D eigenvalue weighted by atomic mass is 16.5. The number of carbonyl (C=O) groups is 3. The zero-order valence-electron chi connectivity index (χ0n) is 21.2. The average Bonchev–Trinajstić information content (AvgIpc) is 2.83. The molecule has 184 valence electrons. The van der Waals surface area contributed by atoms with Crippen molar-refractivity contribution in [2.45, 2.75) is 59.8 Å². The second-order valence-electron chi connectivity index (χ2n) is 10.4. The molecule has 1 saturated carbocycles. The summed E-state index contributed by atoms with van der Waals surface area (Å²) in [6.07, 6.45) is 5.62. The Balaban J connectivity index is 1.77. The lowest BCUT2D eigenvalue weighted by molar-refractivity contribution is -0.162. The van der Waals surface area contributed by atoms with E-state index in [1.165, 1.54) is 7.11 Å². The van der Waals surface area contributed by atoms with Gasteiger partial charge in [0.05, 0.1) is 29.3 Å². The molecule has 1 N–H and O–H groups in total. The van der Waals surface area contributed by atoms with Crippen LogP contribution in [0.3, 0.4) is 0 Å². The Labute approximate surface area is 206 Å². The van der Waals surface area contributed by atoms with Crippen LogP contribution in [-0.4, -0.2) is 34.7 Å². The molecule has 0 bridgehead atoms. The molecule has 6 heteroatoms. The van der Waals surface area contributed by atoms with Gasteiger partial charge in [0, 0.05) is 16.8 Å². The maximum absolute atomic E-state index is 13.7. The molecule has 0 amide bonds. The quantitative estimate of drug-likeness (QED) is 0.398. The maximum Gasteiger partial charge on any atom is 0.311 e. The number of ether oxygens (including phenoxy) is 1. The molecular formula is C29H33NO5. The Morgan fingerprint density at radius 1 is 1.14 bits per heavy atom. The molecule has 35 heavy (non-hydrogen) atoms. The molecule has 1 aromatic heterocycles. The lowest BCUT2D eigenvalue weighted by Crippen LogP contribution is -2.48. The molecule has 1 heterocycles. The molecule has 1 unspecified atom stereocenters. The van der Waals surface area contributed by atoms with Crippen LogP contribution < -0.4 is 0 Å². The number of esters is 1. The second kappa shape index (κ2) is 8.74. The van der Waals surface area contributed by atoms with E-state index in [0.717, 1.165) is 24.8 Å². The van der Waals surface area contributed by atoms with Gasteiger partial charge >= 0.3 is 5.97 Å². The zero-order chi connectivity index (χ0) is 25.7. The predicted molar refractivity (Wildman–Crippen MR) is 133 cm³/mol. The van der Waals surface area contributed by atoms with Crippen LogP contribution in [0.25, 0.3) is 0 Å². The highest BCUT2D eigenvalue weighted by Crippen LogP contribution is 2.54. The maximum atomic E-state index is 13.7. The fraction of sp³-hybridized carbons (Fsp3) is 0.448. The van der Waals surface area contributed by atoms with Crippen molar-refractivity contribution in [2.75, 3.05) is 7.11 Å². The van der Waals surface area contributed by atoms with E-state index in [4.69, 9.17) is 4.74 Å². The molecule has 4 rings (SSSR count). The van der Waals surface area contributed by atoms with Gasteiger partial charge in [-0.25, -0.2) is 0 Å². The fourth-order valence-corrected chi connectivity index (χ4v) is 6.45. The van der Waals surface area contributed by atoms with Crippen LogP contribution in [-0.2, 0) is 16.0 Å². The number of aromatic hydroxyl groups is 1. The van der Waals surface area contributed by atoms with Crippen LogP contribution in [0.1, 0.15) is 88.3 Å². The summed E-state index contributed by atoms with van der Waals surface area (Å²) in [5.74, 6) is -1.18. The van der Waals surface area contributed by atoms with Crippen LogP contribution in [0.5, 0.6) is 5.75 Å². The molecule has 2 aliphatic carbocycles. The smallest absolute Gasteiger partial charge is 0.311 e. The van der Waals surface area contributed by atoms with Crippen LogP contribution in [0.4, 0.5) is 0 Å². The number of methoxy groups -OCH3 is 1. The molecule has 0 aliphatic heterocycles. The minimum absolute atomic E-state index is 0.0351. The minimum Gasteiger partial charge on any atom is -0.505 e. The highest BCUT2D eigenvalue weighted by Gasteiger charge is 2.52. The van der Waals surface area contributed by atoms with Gasteiger partial charge in [0.1, 0.15) is 5.75 Å². The molecule has 6 nitrogen and oxygen atoms in total. The molecule has 0 spiro atoms. The summed E-state index contributed by atoms with van der Waals surface area (Å²) < 4.78 is 5.20. The Morgan fingerprint density at radius 3 is 2.51 bits per heavy atom. The van der Waals surface area contributed by atoms with Gasteiger partial charge in [-0.15, -0.1) is 6.58 Å². The third-order valence-electron chi connectivity index (χ3n) is 8.40. The first-order valence-corrected chi connectivity index (χ1v) is 12.1. The molecule has 1 aromatic carbocycles. The summed E-state index contributed by atoms with van der Waals surface area (Å²) in [7, 11) is 1.42. The number of rotatable bonds is 5. The number of pyridine rings is 1. The zero-order valence-corrected chi connectivity index (χ0v) is 21.2. The van der Waals surface area contributed by atoms with Crippen molar-refractivity contribution in [3.05, 3.63) is 70.1 Å². The van der Waals surface area contributed by atoms with Crippen molar-refractivity contribution in [1.82, 2.24) is 4.98 Å². The molecule has 0 radical (unpaired) electrons. The standard InChI is InChI=1S/C29H33NO5/c1-7-28(4)14-9-15-29(5,27(34)35-6)20(28)13-12-18-10-8-11-19-22(18)26(33)23-21(25(19)32)16(2)30-17(3)24(23)31/h7-8,10-11,20,31H,1,9,12-15H2,2-6H3/t20?,28-,29+/m0/s1. The lowest BCUT2D eigenvalue weighted by Gasteiger charge is -2.49. The van der Waals surface area contributed by atoms with Crippen molar-refractivity contribution in [1.29, 1.82) is 0 Å². The van der Waals surface area contributed by atoms with Crippen LogP contribution in [0.15, 0.2) is 30.9 Å². The van der Waals surface area contributed by atoms with E-state index in [1.807, 2.05) is 19.1 Å². The third kappa shape index (κ3) is 3.70. The first-order chi connectivity index (χ1) is 16.5. The Kier molecular flexibility index (Phi) is 6.20. The van der Waals surface area contributed by atoms with Crippen LogP contribution in [0.2, 0.25) is 0 Å². The molecule has 1 fully saturated rings. The number of aromatic nitrogens is 1. The van der Waals surface area contributed by atoms with Gasteiger partial charge in [0.25, 0.3) is 0 Å². The van der Waals surface area contributed by atoms with Gasteiger partial charge in [-0.2, -0.15) is 0 Å². The normalized spacial score (nSPS) is 25.6. The molecule has 0 saturated heterocycles. The molecule has 2 aromatic rings. The molecule has 2 aliphatic rings. The van der Waals surface area contributed by atoms with Crippen molar-refractivity contribution in [3.63, 3.8) is 0 Å². The molecular weight excluding hydrogens is 442 g/mol. The van der Waals surface area contributed by atoms with Crippen LogP contribution >= 0.6 is 0 Å². The number of ketones is 2. The van der Waals surface area contributed by atoms with Crippen molar-refractivity contribution >= 4 is 17.5 Å². The second-order valence-corrected chi connectivity index (χ2v) is 10.4. The number of hydrogen-bond donors (Lipinski definition) is 1. The predicted octanol–water partition coefficient (Wildman–Crippen LogP) is 5.28. The van der Waals surface area contributed by atoms with E-state index < -0.39 is 5.41 Å².